The average Bonchev–Trinajstić information content (AvgIpc) is 3.33. The molecule has 2 aliphatic rings. The minimum Gasteiger partial charge on any atom is -0.497 e. The molecule has 2 atom stereocenters. The quantitative estimate of drug-likeness (QED) is 0.278. The van der Waals surface area contributed by atoms with Crippen molar-refractivity contribution in [3.63, 3.8) is 0 Å². The molecule has 2 aliphatic heterocycles. The number of nitrogens with one attached hydrogen (secondary N) is 1. The van der Waals surface area contributed by atoms with Crippen LogP contribution in [-0.2, 0) is 26.3 Å². The normalized spacial score (nSPS) is 19.6. The van der Waals surface area contributed by atoms with Crippen LogP contribution in [0.4, 0.5) is 17.1 Å². The zero-order chi connectivity index (χ0) is 27.4. The summed E-state index contributed by atoms with van der Waals surface area (Å²) in [6.45, 7) is 3.36. The third kappa shape index (κ3) is 4.17. The summed E-state index contributed by atoms with van der Waals surface area (Å²) >= 11 is 2.07. The van der Waals surface area contributed by atoms with Gasteiger partial charge in [0.1, 0.15) is 17.5 Å². The SMILES string of the molecule is COc1ccc(NC(=O)Cn2c3c(sc2=O)C(C)(C)C2C(=O)N(c4ccc([N+](=O)[O-])cc4)C(=O)C2S3)cc1. The number of aromatic nitrogens is 1. The summed E-state index contributed by atoms with van der Waals surface area (Å²) in [5.41, 5.74) is -0.235. The Morgan fingerprint density at radius 2 is 1.74 bits per heavy atom. The molecule has 3 amide bonds. The minimum atomic E-state index is -0.866. The summed E-state index contributed by atoms with van der Waals surface area (Å²) in [5.74, 6) is -1.42. The molecule has 2 aromatic carbocycles. The highest BCUT2D eigenvalue weighted by atomic mass is 32.2. The molecule has 196 valence electrons. The summed E-state index contributed by atoms with van der Waals surface area (Å²) < 4.78 is 6.46. The molecule has 0 aliphatic carbocycles. The second-order valence-electron chi connectivity index (χ2n) is 9.39. The van der Waals surface area contributed by atoms with Gasteiger partial charge in [-0.15, -0.1) is 0 Å². The highest BCUT2D eigenvalue weighted by Crippen LogP contribution is 2.54. The number of benzene rings is 2. The van der Waals surface area contributed by atoms with Gasteiger partial charge in [0.2, 0.25) is 17.7 Å². The number of carbonyl (C=O) groups is 3. The maximum atomic E-state index is 13.5. The van der Waals surface area contributed by atoms with Crippen molar-refractivity contribution >= 4 is 57.9 Å². The van der Waals surface area contributed by atoms with E-state index in [0.717, 1.165) is 28.0 Å². The van der Waals surface area contributed by atoms with Gasteiger partial charge in [0.05, 0.1) is 28.7 Å². The van der Waals surface area contributed by atoms with Crippen molar-refractivity contribution < 1.29 is 24.0 Å². The second-order valence-corrected chi connectivity index (χ2v) is 11.5. The molecule has 3 heterocycles. The zero-order valence-corrected chi connectivity index (χ0v) is 22.1. The molecular formula is C25H22N4O7S2. The Kier molecular flexibility index (Phi) is 6.35. The van der Waals surface area contributed by atoms with Gasteiger partial charge >= 0.3 is 4.87 Å². The fraction of sp³-hybridized carbons (Fsp3) is 0.280. The van der Waals surface area contributed by atoms with E-state index in [2.05, 4.69) is 5.32 Å². The van der Waals surface area contributed by atoms with Crippen LogP contribution in [0.3, 0.4) is 0 Å². The number of nitro groups is 1. The number of ether oxygens (including phenoxy) is 1. The molecule has 0 radical (unpaired) electrons. The Morgan fingerprint density at radius 1 is 1.08 bits per heavy atom. The van der Waals surface area contributed by atoms with Crippen molar-refractivity contribution in [3.8, 4) is 5.75 Å². The summed E-state index contributed by atoms with van der Waals surface area (Å²) in [6, 6.07) is 12.0. The minimum absolute atomic E-state index is 0.154. The molecule has 0 saturated carbocycles. The van der Waals surface area contributed by atoms with Crippen LogP contribution in [0.5, 0.6) is 5.75 Å². The number of hydrogen-bond acceptors (Lipinski definition) is 9. The molecule has 1 saturated heterocycles. The number of anilines is 2. The van der Waals surface area contributed by atoms with Gasteiger partial charge in [0, 0.05) is 28.1 Å². The fourth-order valence-electron chi connectivity index (χ4n) is 4.76. The molecule has 13 heteroatoms. The smallest absolute Gasteiger partial charge is 0.308 e. The number of fused-ring (bicyclic) bond motifs is 2. The monoisotopic (exact) mass is 554 g/mol. The second kappa shape index (κ2) is 9.40. The number of carbonyl (C=O) groups excluding carboxylic acids is 3. The number of thioether (sulfide) groups is 1. The van der Waals surface area contributed by atoms with Crippen molar-refractivity contribution in [2.75, 3.05) is 17.3 Å². The van der Waals surface area contributed by atoms with E-state index in [0.29, 0.717) is 21.3 Å². The van der Waals surface area contributed by atoms with Gasteiger partial charge in [-0.25, -0.2) is 4.90 Å². The molecule has 1 fully saturated rings. The number of hydrogen-bond donors (Lipinski definition) is 1. The Balaban J connectivity index is 1.43. The van der Waals surface area contributed by atoms with E-state index in [9.17, 15) is 29.3 Å². The Hall–Kier alpha value is -3.97. The molecular weight excluding hydrogens is 532 g/mol. The number of thiazole rings is 1. The lowest BCUT2D eigenvalue weighted by atomic mass is 9.76. The molecule has 2 unspecified atom stereocenters. The Labute approximate surface area is 224 Å². The maximum absolute atomic E-state index is 13.5. The average molecular weight is 555 g/mol. The summed E-state index contributed by atoms with van der Waals surface area (Å²) in [6.07, 6.45) is 0. The van der Waals surface area contributed by atoms with Crippen LogP contribution in [0.2, 0.25) is 0 Å². The molecule has 0 spiro atoms. The van der Waals surface area contributed by atoms with E-state index in [1.54, 1.807) is 24.3 Å². The standard InChI is InChI=1S/C25H22N4O7S2/c1-25(2)18-19(22(32)28(21(18)31)14-6-8-15(9-7-14)29(34)35)37-23-20(25)38-24(33)27(23)12-17(30)26-13-4-10-16(36-3)11-5-13/h4-11,18-19H,12H2,1-3H3,(H,26,30). The number of nitrogens with zero attached hydrogens (tertiary/aromatic N) is 3. The van der Waals surface area contributed by atoms with Crippen LogP contribution in [0.1, 0.15) is 18.7 Å². The zero-order valence-electron chi connectivity index (χ0n) is 20.5. The van der Waals surface area contributed by atoms with Crippen LogP contribution < -0.4 is 19.8 Å². The van der Waals surface area contributed by atoms with Crippen LogP contribution in [0.25, 0.3) is 0 Å². The molecule has 1 aromatic heterocycles. The van der Waals surface area contributed by atoms with Gasteiger partial charge in [-0.1, -0.05) is 36.9 Å². The van der Waals surface area contributed by atoms with E-state index in [1.165, 1.54) is 35.9 Å². The largest absolute Gasteiger partial charge is 0.497 e. The maximum Gasteiger partial charge on any atom is 0.308 e. The lowest BCUT2D eigenvalue weighted by Crippen LogP contribution is -2.41. The first-order chi connectivity index (χ1) is 18.0. The fourth-order valence-corrected chi connectivity index (χ4v) is 7.80. The van der Waals surface area contributed by atoms with Gasteiger partial charge in [-0.3, -0.25) is 33.9 Å². The first kappa shape index (κ1) is 25.7. The van der Waals surface area contributed by atoms with Crippen molar-refractivity contribution in [1.82, 2.24) is 4.57 Å². The highest BCUT2D eigenvalue weighted by molar-refractivity contribution is 8.00. The van der Waals surface area contributed by atoms with Crippen LogP contribution >= 0.6 is 23.1 Å². The van der Waals surface area contributed by atoms with Gasteiger partial charge in [-0.2, -0.15) is 0 Å². The first-order valence-corrected chi connectivity index (χ1v) is 13.2. The number of nitro benzene ring substituents is 1. The number of methoxy groups -OCH3 is 1. The van der Waals surface area contributed by atoms with Crippen molar-refractivity contribution in [2.45, 2.75) is 36.1 Å². The first-order valence-electron chi connectivity index (χ1n) is 11.5. The number of rotatable bonds is 6. The van der Waals surface area contributed by atoms with Crippen LogP contribution in [0, 0.1) is 16.0 Å². The van der Waals surface area contributed by atoms with E-state index in [4.69, 9.17) is 4.74 Å². The van der Waals surface area contributed by atoms with Gasteiger partial charge in [-0.05, 0) is 36.4 Å². The molecule has 38 heavy (non-hydrogen) atoms. The topological polar surface area (TPSA) is 141 Å². The van der Waals surface area contributed by atoms with E-state index < -0.39 is 39.2 Å². The summed E-state index contributed by atoms with van der Waals surface area (Å²) in [7, 11) is 1.54. The molecule has 5 rings (SSSR count). The Morgan fingerprint density at radius 3 is 2.34 bits per heavy atom. The van der Waals surface area contributed by atoms with Crippen LogP contribution in [0.15, 0.2) is 58.4 Å². The van der Waals surface area contributed by atoms with Gasteiger partial charge < -0.3 is 10.1 Å². The third-order valence-electron chi connectivity index (χ3n) is 6.70. The van der Waals surface area contributed by atoms with E-state index in [-0.39, 0.29) is 22.8 Å². The number of non-ortho nitro benzene ring substituents is 1. The lowest BCUT2D eigenvalue weighted by Gasteiger charge is -2.36. The molecule has 11 nitrogen and oxygen atoms in total. The summed E-state index contributed by atoms with van der Waals surface area (Å²) in [4.78, 5) is 64.6. The summed E-state index contributed by atoms with van der Waals surface area (Å²) in [5, 5.41) is 13.4. The Bertz CT molecular complexity index is 1530. The highest BCUT2D eigenvalue weighted by Gasteiger charge is 2.59. The predicted octanol–water partition coefficient (Wildman–Crippen LogP) is 3.41. The molecule has 3 aromatic rings. The lowest BCUT2D eigenvalue weighted by molar-refractivity contribution is -0.384. The van der Waals surface area contributed by atoms with Crippen molar-refractivity contribution in [2.24, 2.45) is 5.92 Å². The number of amides is 3. The van der Waals surface area contributed by atoms with Gasteiger partial charge in [0.25, 0.3) is 5.69 Å². The van der Waals surface area contributed by atoms with Gasteiger partial charge in [0.15, 0.2) is 0 Å². The van der Waals surface area contributed by atoms with Crippen molar-refractivity contribution in [3.05, 3.63) is 73.2 Å². The molecule has 0 bridgehead atoms. The third-order valence-corrected chi connectivity index (χ3v) is 9.52. The predicted molar refractivity (Wildman–Crippen MR) is 142 cm³/mol. The van der Waals surface area contributed by atoms with E-state index in [1.807, 2.05) is 13.8 Å². The van der Waals surface area contributed by atoms with Crippen LogP contribution in [-0.4, -0.2) is 39.6 Å². The number of imide groups is 1. The molecule has 1 N–H and O–H groups in total. The van der Waals surface area contributed by atoms with E-state index >= 15 is 0 Å². The van der Waals surface area contributed by atoms with Crippen molar-refractivity contribution in [1.29, 1.82) is 0 Å².